The minimum absolute atomic E-state index is 0. The number of hydrogen-bond donors (Lipinski definition) is 1. The van der Waals surface area contributed by atoms with Crippen molar-refractivity contribution in [1.29, 1.82) is 0 Å². The first-order chi connectivity index (χ1) is 18.0. The summed E-state index contributed by atoms with van der Waals surface area (Å²) < 4.78 is 0. The molecule has 6 aromatic rings. The number of hydrogen-bond acceptors (Lipinski definition) is 4. The van der Waals surface area contributed by atoms with Crippen molar-refractivity contribution in [3.8, 4) is 0 Å². The van der Waals surface area contributed by atoms with Gasteiger partial charge in [0.25, 0.3) is 0 Å². The summed E-state index contributed by atoms with van der Waals surface area (Å²) in [6.45, 7) is 4.09. The van der Waals surface area contributed by atoms with Gasteiger partial charge in [0.1, 0.15) is 0 Å². The standard InChI is InChI=1S/C23H18N2.C10H10N2.ClH/c1-17-14-20-12-13-21(15-22(20)24-16-17)25-23(18-8-4-2-5-9-18)19-10-6-3-7-11-19;1-7-4-8-2-3-9(11)5-10(8)12-6-7;/h2-16H,1H3;2-6H,11H2,1H3;1H. The highest BCUT2D eigenvalue weighted by Crippen LogP contribution is 2.23. The van der Waals surface area contributed by atoms with Gasteiger partial charge in [-0.2, -0.15) is 0 Å². The first-order valence-corrected chi connectivity index (χ1v) is 12.2. The molecule has 0 unspecified atom stereocenters. The van der Waals surface area contributed by atoms with Crippen LogP contribution in [-0.2, 0) is 0 Å². The Morgan fingerprint density at radius 3 is 1.66 bits per heavy atom. The molecule has 0 radical (unpaired) electrons. The number of pyridine rings is 2. The summed E-state index contributed by atoms with van der Waals surface area (Å²) >= 11 is 0. The summed E-state index contributed by atoms with van der Waals surface area (Å²) in [6, 6.07) is 36.8. The van der Waals surface area contributed by atoms with Gasteiger partial charge in [-0.25, -0.2) is 4.99 Å². The zero-order chi connectivity index (χ0) is 25.6. The molecule has 4 nitrogen and oxygen atoms in total. The molecule has 0 aliphatic heterocycles. The van der Waals surface area contributed by atoms with Crippen LogP contribution in [0.1, 0.15) is 22.3 Å². The van der Waals surface area contributed by atoms with Gasteiger partial charge in [-0.1, -0.05) is 72.8 Å². The molecular weight excluding hydrogens is 488 g/mol. The van der Waals surface area contributed by atoms with E-state index >= 15 is 0 Å². The second-order valence-corrected chi connectivity index (χ2v) is 9.05. The maximum atomic E-state index is 5.62. The number of nitrogen functional groups attached to an aromatic ring is 1. The minimum atomic E-state index is 0. The number of benzene rings is 4. The number of anilines is 1. The van der Waals surface area contributed by atoms with Crippen LogP contribution in [0.5, 0.6) is 0 Å². The average Bonchev–Trinajstić information content (AvgIpc) is 2.93. The lowest BCUT2D eigenvalue weighted by molar-refractivity contribution is 1.33. The van der Waals surface area contributed by atoms with Crippen LogP contribution < -0.4 is 5.73 Å². The molecule has 38 heavy (non-hydrogen) atoms. The molecule has 4 aromatic carbocycles. The molecule has 0 atom stereocenters. The lowest BCUT2D eigenvalue weighted by Crippen LogP contribution is -2.02. The second-order valence-electron chi connectivity index (χ2n) is 9.05. The maximum Gasteiger partial charge on any atom is 0.0781 e. The van der Waals surface area contributed by atoms with E-state index in [1.54, 1.807) is 0 Å². The van der Waals surface area contributed by atoms with E-state index in [1.807, 2.05) is 80.0 Å². The van der Waals surface area contributed by atoms with Gasteiger partial charge in [0, 0.05) is 40.0 Å². The van der Waals surface area contributed by atoms with Crippen molar-refractivity contribution in [2.45, 2.75) is 13.8 Å². The van der Waals surface area contributed by atoms with Crippen molar-refractivity contribution >= 4 is 51.3 Å². The molecule has 0 saturated carbocycles. The van der Waals surface area contributed by atoms with Gasteiger partial charge in [-0.05, 0) is 61.4 Å². The third-order valence-electron chi connectivity index (χ3n) is 5.98. The first kappa shape index (κ1) is 26.5. The molecule has 0 saturated heterocycles. The molecule has 0 bridgehead atoms. The summed E-state index contributed by atoms with van der Waals surface area (Å²) in [5.41, 5.74) is 14.7. The Labute approximate surface area is 229 Å². The van der Waals surface area contributed by atoms with Gasteiger partial charge in [0.05, 0.1) is 22.4 Å². The van der Waals surface area contributed by atoms with Gasteiger partial charge < -0.3 is 5.73 Å². The SMILES string of the molecule is Cc1cnc2cc(N)ccc2c1.Cc1cnc2cc(N=C(c3ccccc3)c3ccccc3)ccc2c1.Cl. The number of aromatic nitrogens is 2. The number of halogens is 1. The van der Waals surface area contributed by atoms with Gasteiger partial charge in [0.15, 0.2) is 0 Å². The molecule has 0 amide bonds. The van der Waals surface area contributed by atoms with Crippen LogP contribution in [0.3, 0.4) is 0 Å². The fraction of sp³-hybridized carbons (Fsp3) is 0.0606. The van der Waals surface area contributed by atoms with Crippen LogP contribution in [0.15, 0.2) is 127 Å². The molecule has 2 N–H and O–H groups in total. The summed E-state index contributed by atoms with van der Waals surface area (Å²) in [4.78, 5) is 13.7. The molecule has 6 rings (SSSR count). The predicted octanol–water partition coefficient (Wildman–Crippen LogP) is 8.26. The monoisotopic (exact) mass is 516 g/mol. The molecule has 188 valence electrons. The van der Waals surface area contributed by atoms with E-state index in [2.05, 4.69) is 65.4 Å². The second kappa shape index (κ2) is 12.1. The highest BCUT2D eigenvalue weighted by molar-refractivity contribution is 6.14. The Kier molecular flexibility index (Phi) is 8.47. The summed E-state index contributed by atoms with van der Waals surface area (Å²) in [6.07, 6.45) is 3.74. The van der Waals surface area contributed by atoms with Crippen molar-refractivity contribution in [1.82, 2.24) is 9.97 Å². The lowest BCUT2D eigenvalue weighted by atomic mass is 10.0. The molecule has 0 aliphatic rings. The van der Waals surface area contributed by atoms with Crippen molar-refractivity contribution in [3.63, 3.8) is 0 Å². The Bertz CT molecular complexity index is 1610. The van der Waals surface area contributed by atoms with Crippen LogP contribution in [0.25, 0.3) is 21.8 Å². The number of nitrogens with two attached hydrogens (primary N) is 1. The summed E-state index contributed by atoms with van der Waals surface area (Å²) in [7, 11) is 0. The molecule has 0 aliphatic carbocycles. The Hall–Kier alpha value is -4.54. The first-order valence-electron chi connectivity index (χ1n) is 12.2. The van der Waals surface area contributed by atoms with E-state index in [0.29, 0.717) is 0 Å². The van der Waals surface area contributed by atoms with E-state index in [1.165, 1.54) is 5.56 Å². The topological polar surface area (TPSA) is 64.2 Å². The number of aliphatic imine (C=N–C) groups is 1. The van der Waals surface area contributed by atoms with Gasteiger partial charge in [0.2, 0.25) is 0 Å². The van der Waals surface area contributed by atoms with E-state index in [4.69, 9.17) is 10.7 Å². The maximum absolute atomic E-state index is 5.62. The van der Waals surface area contributed by atoms with E-state index in [9.17, 15) is 0 Å². The van der Waals surface area contributed by atoms with Crippen molar-refractivity contribution < 1.29 is 0 Å². The number of nitrogens with zero attached hydrogens (tertiary/aromatic N) is 3. The van der Waals surface area contributed by atoms with Crippen LogP contribution >= 0.6 is 12.4 Å². The highest BCUT2D eigenvalue weighted by atomic mass is 35.5. The molecule has 2 heterocycles. The predicted molar refractivity (Wildman–Crippen MR) is 163 cm³/mol. The Morgan fingerprint density at radius 2 is 1.11 bits per heavy atom. The zero-order valence-corrected chi connectivity index (χ0v) is 22.2. The summed E-state index contributed by atoms with van der Waals surface area (Å²) in [5.74, 6) is 0. The van der Waals surface area contributed by atoms with Gasteiger partial charge in [-0.15, -0.1) is 12.4 Å². The Balaban J connectivity index is 0.000000218. The summed E-state index contributed by atoms with van der Waals surface area (Å²) in [5, 5.41) is 2.28. The van der Waals surface area contributed by atoms with Crippen LogP contribution in [-0.4, -0.2) is 15.7 Å². The molecule has 5 heteroatoms. The zero-order valence-electron chi connectivity index (χ0n) is 21.4. The third kappa shape index (κ3) is 6.41. The van der Waals surface area contributed by atoms with E-state index in [-0.39, 0.29) is 12.4 Å². The largest absolute Gasteiger partial charge is 0.399 e. The molecular formula is C33H29ClN4. The van der Waals surface area contributed by atoms with Crippen molar-refractivity contribution in [2.24, 2.45) is 4.99 Å². The van der Waals surface area contributed by atoms with Crippen LogP contribution in [0, 0.1) is 13.8 Å². The average molecular weight is 517 g/mol. The molecule has 0 fully saturated rings. The number of rotatable bonds is 3. The van der Waals surface area contributed by atoms with Crippen LogP contribution in [0.4, 0.5) is 11.4 Å². The Morgan fingerprint density at radius 1 is 0.605 bits per heavy atom. The van der Waals surface area contributed by atoms with Crippen LogP contribution in [0.2, 0.25) is 0 Å². The fourth-order valence-corrected chi connectivity index (χ4v) is 4.15. The van der Waals surface area contributed by atoms with Crippen molar-refractivity contribution in [3.05, 3.63) is 144 Å². The minimum Gasteiger partial charge on any atom is -0.399 e. The third-order valence-corrected chi connectivity index (χ3v) is 5.98. The number of fused-ring (bicyclic) bond motifs is 2. The van der Waals surface area contributed by atoms with Crippen molar-refractivity contribution in [2.75, 3.05) is 5.73 Å². The van der Waals surface area contributed by atoms with E-state index < -0.39 is 0 Å². The number of aryl methyl sites for hydroxylation is 2. The molecule has 2 aromatic heterocycles. The smallest absolute Gasteiger partial charge is 0.0781 e. The van der Waals surface area contributed by atoms with Gasteiger partial charge >= 0.3 is 0 Å². The lowest BCUT2D eigenvalue weighted by Gasteiger charge is -2.08. The normalized spacial score (nSPS) is 10.3. The fourth-order valence-electron chi connectivity index (χ4n) is 4.15. The highest BCUT2D eigenvalue weighted by Gasteiger charge is 2.07. The quantitative estimate of drug-likeness (QED) is 0.190. The molecule has 0 spiro atoms. The van der Waals surface area contributed by atoms with E-state index in [0.717, 1.165) is 55.6 Å². The van der Waals surface area contributed by atoms with Gasteiger partial charge in [-0.3, -0.25) is 9.97 Å².